The number of allylic oxidation sites excluding steroid dienone is 2. The standard InChI is InChI=1S/C25H28N2O3/c1-24-10-8-21-19-4-3-18(30-14-23(28)29)11-16(19)7-9-25(21,2)22(24)6-5-20(24)17-12-26-15-27-13-17/h3-5,11-13,15,21-22H,6-10,14H2,1-2H3,(H,28,29). The molecule has 1 heterocycles. The average Bonchev–Trinajstić information content (AvgIpc) is 3.11. The van der Waals surface area contributed by atoms with Gasteiger partial charge in [0.15, 0.2) is 6.61 Å². The molecule has 0 bridgehead atoms. The summed E-state index contributed by atoms with van der Waals surface area (Å²) in [4.78, 5) is 19.3. The first-order chi connectivity index (χ1) is 14.4. The fraction of sp³-hybridized carbons (Fsp3) is 0.480. The summed E-state index contributed by atoms with van der Waals surface area (Å²) in [5.74, 6) is 0.858. The summed E-state index contributed by atoms with van der Waals surface area (Å²) in [7, 11) is 0. The lowest BCUT2D eigenvalue weighted by molar-refractivity contribution is -0.139. The van der Waals surface area contributed by atoms with Gasteiger partial charge in [-0.1, -0.05) is 26.0 Å². The van der Waals surface area contributed by atoms with Gasteiger partial charge in [0.2, 0.25) is 0 Å². The number of carboxylic acid groups (broad SMARTS) is 1. The smallest absolute Gasteiger partial charge is 0.341 e. The molecule has 0 spiro atoms. The van der Waals surface area contributed by atoms with Crippen LogP contribution >= 0.6 is 0 Å². The zero-order valence-electron chi connectivity index (χ0n) is 17.6. The molecule has 0 radical (unpaired) electrons. The molecular weight excluding hydrogens is 376 g/mol. The van der Waals surface area contributed by atoms with Crippen molar-refractivity contribution in [1.82, 2.24) is 9.97 Å². The predicted molar refractivity (Wildman–Crippen MR) is 114 cm³/mol. The topological polar surface area (TPSA) is 72.3 Å². The highest BCUT2D eigenvalue weighted by molar-refractivity contribution is 5.72. The van der Waals surface area contributed by atoms with E-state index >= 15 is 0 Å². The van der Waals surface area contributed by atoms with E-state index in [1.807, 2.05) is 18.5 Å². The number of aromatic nitrogens is 2. The van der Waals surface area contributed by atoms with Crippen LogP contribution in [0.5, 0.6) is 5.75 Å². The van der Waals surface area contributed by atoms with Crippen molar-refractivity contribution in [3.63, 3.8) is 0 Å². The first-order valence-corrected chi connectivity index (χ1v) is 10.9. The third kappa shape index (κ3) is 2.86. The van der Waals surface area contributed by atoms with E-state index in [9.17, 15) is 4.79 Å². The zero-order chi connectivity index (χ0) is 20.9. The van der Waals surface area contributed by atoms with Gasteiger partial charge < -0.3 is 9.84 Å². The number of carboxylic acids is 1. The maximum atomic E-state index is 10.8. The van der Waals surface area contributed by atoms with E-state index in [0.717, 1.165) is 32.1 Å². The van der Waals surface area contributed by atoms with Crippen LogP contribution in [0.15, 0.2) is 43.0 Å². The van der Waals surface area contributed by atoms with E-state index in [0.29, 0.717) is 17.6 Å². The molecule has 156 valence electrons. The summed E-state index contributed by atoms with van der Waals surface area (Å²) in [6.07, 6.45) is 13.6. The molecule has 5 heteroatoms. The Morgan fingerprint density at radius 1 is 1.23 bits per heavy atom. The van der Waals surface area contributed by atoms with Gasteiger partial charge in [-0.25, -0.2) is 14.8 Å². The van der Waals surface area contributed by atoms with Gasteiger partial charge in [0.25, 0.3) is 0 Å². The number of rotatable bonds is 4. The van der Waals surface area contributed by atoms with Crippen molar-refractivity contribution < 1.29 is 14.6 Å². The van der Waals surface area contributed by atoms with Crippen molar-refractivity contribution in [2.75, 3.05) is 6.61 Å². The van der Waals surface area contributed by atoms with Crippen LogP contribution in [0.3, 0.4) is 0 Å². The molecule has 1 fully saturated rings. The van der Waals surface area contributed by atoms with Crippen LogP contribution < -0.4 is 4.74 Å². The Balaban J connectivity index is 1.44. The molecule has 2 aromatic rings. The molecule has 3 aliphatic carbocycles. The SMILES string of the molecule is CC12CCC3c4ccc(OCC(=O)O)cc4CCC3(C)C1CC=C2c1cncnc1. The minimum atomic E-state index is -0.944. The highest BCUT2D eigenvalue weighted by atomic mass is 16.5. The minimum Gasteiger partial charge on any atom is -0.482 e. The molecule has 4 unspecified atom stereocenters. The highest BCUT2D eigenvalue weighted by Gasteiger charge is 2.57. The molecule has 1 saturated carbocycles. The molecule has 0 aliphatic heterocycles. The number of ether oxygens (including phenoxy) is 1. The van der Waals surface area contributed by atoms with Crippen LogP contribution in [0.2, 0.25) is 0 Å². The number of benzene rings is 1. The summed E-state index contributed by atoms with van der Waals surface area (Å²) in [6.45, 7) is 4.65. The number of hydrogen-bond donors (Lipinski definition) is 1. The van der Waals surface area contributed by atoms with E-state index in [2.05, 4.69) is 42.0 Å². The van der Waals surface area contributed by atoms with E-state index in [4.69, 9.17) is 9.84 Å². The lowest BCUT2D eigenvalue weighted by Gasteiger charge is -2.57. The minimum absolute atomic E-state index is 0.165. The highest BCUT2D eigenvalue weighted by Crippen LogP contribution is 2.68. The maximum absolute atomic E-state index is 10.8. The van der Waals surface area contributed by atoms with Gasteiger partial charge >= 0.3 is 5.97 Å². The summed E-state index contributed by atoms with van der Waals surface area (Å²) in [6, 6.07) is 6.19. The Morgan fingerprint density at radius 3 is 2.80 bits per heavy atom. The van der Waals surface area contributed by atoms with Crippen LogP contribution in [-0.2, 0) is 11.2 Å². The first kappa shape index (κ1) is 19.3. The van der Waals surface area contributed by atoms with Crippen molar-refractivity contribution in [2.24, 2.45) is 16.7 Å². The second-order valence-corrected chi connectivity index (χ2v) is 9.59. The third-order valence-electron chi connectivity index (χ3n) is 8.14. The normalized spacial score (nSPS) is 31.9. The molecule has 3 aliphatic rings. The second-order valence-electron chi connectivity index (χ2n) is 9.59. The molecule has 0 saturated heterocycles. The van der Waals surface area contributed by atoms with Gasteiger partial charge in [-0.2, -0.15) is 0 Å². The third-order valence-corrected chi connectivity index (χ3v) is 8.14. The summed E-state index contributed by atoms with van der Waals surface area (Å²) in [5, 5.41) is 8.88. The van der Waals surface area contributed by atoms with Crippen LogP contribution in [0, 0.1) is 16.7 Å². The van der Waals surface area contributed by atoms with Gasteiger partial charge in [0.05, 0.1) is 0 Å². The number of fused-ring (bicyclic) bond motifs is 5. The monoisotopic (exact) mass is 404 g/mol. The molecule has 30 heavy (non-hydrogen) atoms. The number of aryl methyl sites for hydroxylation is 1. The summed E-state index contributed by atoms with van der Waals surface area (Å²) in [5.41, 5.74) is 5.77. The Kier molecular flexibility index (Phi) is 4.46. The van der Waals surface area contributed by atoms with Crippen LogP contribution in [0.25, 0.3) is 5.57 Å². The van der Waals surface area contributed by atoms with E-state index in [-0.39, 0.29) is 17.4 Å². The van der Waals surface area contributed by atoms with Crippen LogP contribution in [-0.4, -0.2) is 27.7 Å². The van der Waals surface area contributed by atoms with Crippen molar-refractivity contribution >= 4 is 11.5 Å². The Hall–Kier alpha value is -2.69. The van der Waals surface area contributed by atoms with E-state index < -0.39 is 5.97 Å². The number of hydrogen-bond acceptors (Lipinski definition) is 4. The lowest BCUT2D eigenvalue weighted by atomic mass is 9.47. The lowest BCUT2D eigenvalue weighted by Crippen LogP contribution is -2.48. The Bertz CT molecular complexity index is 1020. The van der Waals surface area contributed by atoms with Gasteiger partial charge in [-0.3, -0.25) is 0 Å². The fourth-order valence-electron chi connectivity index (χ4n) is 6.76. The van der Waals surface area contributed by atoms with Crippen LogP contribution in [0.1, 0.15) is 62.1 Å². The van der Waals surface area contributed by atoms with Gasteiger partial charge in [0.1, 0.15) is 12.1 Å². The van der Waals surface area contributed by atoms with Crippen molar-refractivity contribution in [3.05, 3.63) is 59.7 Å². The van der Waals surface area contributed by atoms with Crippen molar-refractivity contribution in [2.45, 2.75) is 51.9 Å². The molecule has 5 nitrogen and oxygen atoms in total. The molecule has 4 atom stereocenters. The van der Waals surface area contributed by atoms with Crippen molar-refractivity contribution in [3.8, 4) is 5.75 Å². The molecular formula is C25H28N2O3. The fourth-order valence-corrected chi connectivity index (χ4v) is 6.76. The Labute approximate surface area is 177 Å². The summed E-state index contributed by atoms with van der Waals surface area (Å²) >= 11 is 0. The average molecular weight is 405 g/mol. The summed E-state index contributed by atoms with van der Waals surface area (Å²) < 4.78 is 5.42. The molecule has 1 aromatic carbocycles. The molecule has 1 N–H and O–H groups in total. The quantitative estimate of drug-likeness (QED) is 0.786. The molecule has 0 amide bonds. The van der Waals surface area contributed by atoms with E-state index in [1.165, 1.54) is 22.3 Å². The number of aliphatic carboxylic acids is 1. The molecule has 1 aromatic heterocycles. The molecule has 5 rings (SSSR count). The Morgan fingerprint density at radius 2 is 2.03 bits per heavy atom. The van der Waals surface area contributed by atoms with Crippen LogP contribution in [0.4, 0.5) is 0 Å². The largest absolute Gasteiger partial charge is 0.482 e. The van der Waals surface area contributed by atoms with E-state index in [1.54, 1.807) is 6.33 Å². The van der Waals surface area contributed by atoms with Crippen molar-refractivity contribution in [1.29, 1.82) is 0 Å². The zero-order valence-corrected chi connectivity index (χ0v) is 17.6. The van der Waals surface area contributed by atoms with Gasteiger partial charge in [-0.15, -0.1) is 0 Å². The maximum Gasteiger partial charge on any atom is 0.341 e. The predicted octanol–water partition coefficient (Wildman–Crippen LogP) is 4.88. The van der Waals surface area contributed by atoms with Gasteiger partial charge in [-0.05, 0) is 83.6 Å². The second kappa shape index (κ2) is 6.93. The number of nitrogens with zero attached hydrogens (tertiary/aromatic N) is 2. The first-order valence-electron chi connectivity index (χ1n) is 10.9. The van der Waals surface area contributed by atoms with Gasteiger partial charge in [0, 0.05) is 18.0 Å². The number of carbonyl (C=O) groups is 1.